The Morgan fingerprint density at radius 1 is 1.27 bits per heavy atom. The average Bonchev–Trinajstić information content (AvgIpc) is 2.88. The van der Waals surface area contributed by atoms with Gasteiger partial charge in [0.15, 0.2) is 0 Å². The molecule has 0 fully saturated rings. The summed E-state index contributed by atoms with van der Waals surface area (Å²) in [7, 11) is -4.05. The van der Waals surface area contributed by atoms with Crippen molar-refractivity contribution < 1.29 is 32.8 Å². The van der Waals surface area contributed by atoms with Crippen molar-refractivity contribution in [3.8, 4) is 0 Å². The number of thioether (sulfide) groups is 1. The van der Waals surface area contributed by atoms with Gasteiger partial charge in [-0.1, -0.05) is 24.3 Å². The molecular weight excluding hydrogens is 382 g/mol. The number of aromatic nitrogens is 1. The highest BCUT2D eigenvalue weighted by atomic mass is 32.2. The highest BCUT2D eigenvalue weighted by Crippen LogP contribution is 2.34. The number of rotatable bonds is 10. The first-order valence-corrected chi connectivity index (χ1v) is 10.4. The van der Waals surface area contributed by atoms with Gasteiger partial charge in [0.2, 0.25) is 0 Å². The molecule has 10 heteroatoms. The number of carboxylic acids is 2. The molecule has 0 bridgehead atoms. The van der Waals surface area contributed by atoms with Gasteiger partial charge in [0.1, 0.15) is 6.04 Å². The SMILES string of the molecule is O=C([O-])CC[C@@H](C(=O)O)n1cc2ccccc2c1SCCCS(=O)(=O)O. The van der Waals surface area contributed by atoms with E-state index in [2.05, 4.69) is 0 Å². The summed E-state index contributed by atoms with van der Waals surface area (Å²) in [4.78, 5) is 22.4. The molecule has 1 heterocycles. The van der Waals surface area contributed by atoms with Crippen LogP contribution in [0.2, 0.25) is 0 Å². The van der Waals surface area contributed by atoms with Crippen LogP contribution in [0, 0.1) is 0 Å². The summed E-state index contributed by atoms with van der Waals surface area (Å²) in [5.74, 6) is -2.52. The maximum atomic E-state index is 11.6. The molecule has 1 atom stereocenters. The van der Waals surface area contributed by atoms with Crippen LogP contribution < -0.4 is 5.11 Å². The van der Waals surface area contributed by atoms with Crippen LogP contribution >= 0.6 is 11.8 Å². The molecule has 8 nitrogen and oxygen atoms in total. The number of carbonyl (C=O) groups excluding carboxylic acids is 1. The Kier molecular flexibility index (Phi) is 6.68. The zero-order valence-electron chi connectivity index (χ0n) is 13.7. The van der Waals surface area contributed by atoms with Crippen LogP contribution in [-0.2, 0) is 19.7 Å². The Hall–Kier alpha value is -2.04. The molecule has 0 saturated carbocycles. The summed E-state index contributed by atoms with van der Waals surface area (Å²) in [6.45, 7) is 0. The predicted octanol–water partition coefficient (Wildman–Crippen LogP) is 1.17. The molecule has 2 aromatic rings. The summed E-state index contributed by atoms with van der Waals surface area (Å²) in [5, 5.41) is 22.4. The molecule has 26 heavy (non-hydrogen) atoms. The van der Waals surface area contributed by atoms with Gasteiger partial charge in [-0.2, -0.15) is 8.42 Å². The molecular formula is C16H18NO7S2-. The zero-order valence-corrected chi connectivity index (χ0v) is 15.3. The number of carboxylic acid groups (broad SMARTS) is 2. The summed E-state index contributed by atoms with van der Waals surface area (Å²) in [6, 6.07) is 6.15. The van der Waals surface area contributed by atoms with Crippen LogP contribution in [0.15, 0.2) is 35.5 Å². The van der Waals surface area contributed by atoms with Gasteiger partial charge < -0.3 is 19.6 Å². The van der Waals surface area contributed by atoms with Crippen molar-refractivity contribution in [3.05, 3.63) is 30.5 Å². The first-order valence-electron chi connectivity index (χ1n) is 7.79. The number of carbonyl (C=O) groups is 2. The molecule has 142 valence electrons. The lowest BCUT2D eigenvalue weighted by atomic mass is 10.1. The lowest BCUT2D eigenvalue weighted by Crippen LogP contribution is -2.26. The zero-order chi connectivity index (χ0) is 19.3. The number of aliphatic carboxylic acids is 2. The van der Waals surface area contributed by atoms with E-state index < -0.39 is 34.5 Å². The van der Waals surface area contributed by atoms with Crippen molar-refractivity contribution in [1.82, 2.24) is 4.57 Å². The fraction of sp³-hybridized carbons (Fsp3) is 0.375. The van der Waals surface area contributed by atoms with Gasteiger partial charge in [-0.15, -0.1) is 11.8 Å². The molecule has 2 rings (SSSR count). The summed E-state index contributed by atoms with van der Waals surface area (Å²) in [6.07, 6.45) is 1.32. The van der Waals surface area contributed by atoms with E-state index in [1.807, 2.05) is 12.1 Å². The van der Waals surface area contributed by atoms with Crippen molar-refractivity contribution in [2.75, 3.05) is 11.5 Å². The molecule has 0 aliphatic heterocycles. The van der Waals surface area contributed by atoms with Gasteiger partial charge in [-0.05, 0) is 19.3 Å². The van der Waals surface area contributed by atoms with Crippen LogP contribution in [0.5, 0.6) is 0 Å². The Bertz CT molecular complexity index is 904. The van der Waals surface area contributed by atoms with Crippen LogP contribution in [0.25, 0.3) is 10.8 Å². The minimum atomic E-state index is -4.05. The van der Waals surface area contributed by atoms with Gasteiger partial charge in [-0.25, -0.2) is 4.79 Å². The second-order valence-corrected chi connectivity index (χ2v) is 8.34. The third-order valence-electron chi connectivity index (χ3n) is 3.73. The lowest BCUT2D eigenvalue weighted by Gasteiger charge is -2.18. The summed E-state index contributed by atoms with van der Waals surface area (Å²) in [5.41, 5.74) is 0. The highest BCUT2D eigenvalue weighted by molar-refractivity contribution is 7.99. The Morgan fingerprint density at radius 3 is 2.58 bits per heavy atom. The van der Waals surface area contributed by atoms with Gasteiger partial charge in [-0.3, -0.25) is 4.55 Å². The lowest BCUT2D eigenvalue weighted by molar-refractivity contribution is -0.305. The van der Waals surface area contributed by atoms with Gasteiger partial charge >= 0.3 is 5.97 Å². The van der Waals surface area contributed by atoms with Gasteiger partial charge in [0.25, 0.3) is 10.1 Å². The highest BCUT2D eigenvalue weighted by Gasteiger charge is 2.23. The Balaban J connectivity index is 2.31. The number of hydrogen-bond acceptors (Lipinski definition) is 6. The van der Waals surface area contributed by atoms with Crippen molar-refractivity contribution in [1.29, 1.82) is 0 Å². The molecule has 2 N–H and O–H groups in total. The number of benzene rings is 1. The normalized spacial score (nSPS) is 13.0. The molecule has 1 aromatic carbocycles. The molecule has 1 aromatic heterocycles. The summed E-state index contributed by atoms with van der Waals surface area (Å²) < 4.78 is 32.0. The van der Waals surface area contributed by atoms with Gasteiger partial charge in [0.05, 0.1) is 10.8 Å². The predicted molar refractivity (Wildman–Crippen MR) is 94.6 cm³/mol. The standard InChI is InChI=1S/C16H19NO7S2/c18-14(19)7-6-13(16(20)21)17-10-11-4-1-2-5-12(11)15(17)25-8-3-9-26(22,23)24/h1-2,4-5,10,13H,3,6-9H2,(H,18,19)(H,20,21)(H,22,23,24)/p-1/t13-/m0/s1. The minimum absolute atomic E-state index is 0.128. The molecule has 0 radical (unpaired) electrons. The number of nitrogens with zero attached hydrogens (tertiary/aromatic N) is 1. The van der Waals surface area contributed by atoms with Crippen molar-refractivity contribution in [2.24, 2.45) is 0 Å². The smallest absolute Gasteiger partial charge is 0.326 e. The van der Waals surface area contributed by atoms with Crippen LogP contribution in [0.3, 0.4) is 0 Å². The van der Waals surface area contributed by atoms with Crippen molar-refractivity contribution in [3.63, 3.8) is 0 Å². The van der Waals surface area contributed by atoms with E-state index in [1.165, 1.54) is 16.3 Å². The van der Waals surface area contributed by atoms with E-state index in [0.29, 0.717) is 10.8 Å². The second kappa shape index (κ2) is 8.56. The third-order valence-corrected chi connectivity index (χ3v) is 5.73. The molecule has 0 unspecified atom stereocenters. The Labute approximate surface area is 154 Å². The van der Waals surface area contributed by atoms with Crippen LogP contribution in [0.4, 0.5) is 0 Å². The minimum Gasteiger partial charge on any atom is -0.550 e. The monoisotopic (exact) mass is 400 g/mol. The van der Waals surface area contributed by atoms with Crippen LogP contribution in [0.1, 0.15) is 25.3 Å². The maximum Gasteiger partial charge on any atom is 0.326 e. The van der Waals surface area contributed by atoms with Crippen LogP contribution in [-0.4, -0.2) is 46.1 Å². The number of fused-ring (bicyclic) bond motifs is 1. The first-order chi connectivity index (χ1) is 12.2. The third kappa shape index (κ3) is 5.48. The van der Waals surface area contributed by atoms with Crippen molar-refractivity contribution in [2.45, 2.75) is 30.3 Å². The maximum absolute atomic E-state index is 11.6. The molecule has 0 aliphatic rings. The van der Waals surface area contributed by atoms with E-state index in [0.717, 1.165) is 10.8 Å². The second-order valence-electron chi connectivity index (χ2n) is 5.68. The largest absolute Gasteiger partial charge is 0.550 e. The Morgan fingerprint density at radius 2 is 1.96 bits per heavy atom. The van der Waals surface area contributed by atoms with E-state index in [-0.39, 0.29) is 18.6 Å². The van der Waals surface area contributed by atoms with Gasteiger partial charge in [0, 0.05) is 28.7 Å². The molecule has 0 aliphatic carbocycles. The number of hydrogen-bond donors (Lipinski definition) is 2. The molecule has 0 spiro atoms. The van der Waals surface area contributed by atoms with Crippen molar-refractivity contribution >= 4 is 44.6 Å². The average molecular weight is 400 g/mol. The van der Waals surface area contributed by atoms with E-state index in [9.17, 15) is 28.2 Å². The first kappa shape index (κ1) is 20.3. The quantitative estimate of drug-likeness (QED) is 0.344. The van der Waals surface area contributed by atoms with E-state index in [4.69, 9.17) is 4.55 Å². The molecule has 0 saturated heterocycles. The van der Waals surface area contributed by atoms with E-state index >= 15 is 0 Å². The fourth-order valence-corrected chi connectivity index (χ4v) is 4.43. The molecule has 0 amide bonds. The topological polar surface area (TPSA) is 137 Å². The van der Waals surface area contributed by atoms with E-state index in [1.54, 1.807) is 18.3 Å². The fourth-order valence-electron chi connectivity index (χ4n) is 2.58. The summed E-state index contributed by atoms with van der Waals surface area (Å²) >= 11 is 1.26.